The van der Waals surface area contributed by atoms with Crippen molar-refractivity contribution in [2.45, 2.75) is 45.3 Å². The van der Waals surface area contributed by atoms with Crippen molar-refractivity contribution in [3.63, 3.8) is 0 Å². The predicted octanol–water partition coefficient (Wildman–Crippen LogP) is 3.79. The maximum Gasteiger partial charge on any atom is 0.322 e. The zero-order valence-corrected chi connectivity index (χ0v) is 13.4. The van der Waals surface area contributed by atoms with Crippen LogP contribution in [-0.4, -0.2) is 20.7 Å². The summed E-state index contributed by atoms with van der Waals surface area (Å²) < 4.78 is 1.93. The molecule has 2 heterocycles. The summed E-state index contributed by atoms with van der Waals surface area (Å²) in [4.78, 5) is 14.6. The fourth-order valence-corrected chi connectivity index (χ4v) is 3.41. The second-order valence-corrected chi connectivity index (χ2v) is 6.58. The lowest BCUT2D eigenvalue weighted by atomic mass is 10.0. The van der Waals surface area contributed by atoms with Gasteiger partial charge in [0.15, 0.2) is 0 Å². The zero-order valence-electron chi connectivity index (χ0n) is 13.4. The van der Waals surface area contributed by atoms with Crippen LogP contribution in [-0.2, 0) is 13.1 Å². The molecule has 0 radical (unpaired) electrons. The van der Waals surface area contributed by atoms with Crippen LogP contribution in [0, 0.1) is 5.92 Å². The number of urea groups is 1. The maximum absolute atomic E-state index is 12.7. The van der Waals surface area contributed by atoms with Gasteiger partial charge in [0.2, 0.25) is 0 Å². The first-order valence-electron chi connectivity index (χ1n) is 8.42. The van der Waals surface area contributed by atoms with Gasteiger partial charge in [-0.05, 0) is 36.3 Å². The van der Waals surface area contributed by atoms with Gasteiger partial charge in [-0.25, -0.2) is 4.79 Å². The summed E-state index contributed by atoms with van der Waals surface area (Å²) in [6.45, 7) is 3.76. The molecule has 23 heavy (non-hydrogen) atoms. The zero-order chi connectivity index (χ0) is 15.8. The van der Waals surface area contributed by atoms with E-state index < -0.39 is 0 Å². The molecule has 5 heteroatoms. The van der Waals surface area contributed by atoms with Gasteiger partial charge in [0, 0.05) is 19.3 Å². The Bertz CT molecular complexity index is 719. The summed E-state index contributed by atoms with van der Waals surface area (Å²) >= 11 is 0. The Morgan fingerprint density at radius 2 is 2.17 bits per heavy atom. The molecule has 0 saturated heterocycles. The number of hydrogen-bond donors (Lipinski definition) is 1. The molecule has 1 atom stereocenters. The highest BCUT2D eigenvalue weighted by Gasteiger charge is 2.32. The first-order chi connectivity index (χ1) is 11.2. The SMILES string of the molecule is CC[C@H]1c2ccccc2CN1C(=O)Nc1cnn(CC2CC2)c1. The third-order valence-electron chi connectivity index (χ3n) is 4.81. The Morgan fingerprint density at radius 1 is 1.35 bits per heavy atom. The van der Waals surface area contributed by atoms with E-state index in [1.807, 2.05) is 27.9 Å². The number of carbonyl (C=O) groups is 1. The third-order valence-corrected chi connectivity index (χ3v) is 4.81. The first kappa shape index (κ1) is 14.3. The lowest BCUT2D eigenvalue weighted by molar-refractivity contribution is 0.192. The number of hydrogen-bond acceptors (Lipinski definition) is 2. The average Bonchev–Trinajstić information content (AvgIpc) is 3.12. The number of nitrogens with one attached hydrogen (secondary N) is 1. The number of anilines is 1. The molecule has 0 bridgehead atoms. The van der Waals surface area contributed by atoms with Gasteiger partial charge in [0.25, 0.3) is 0 Å². The highest BCUT2D eigenvalue weighted by atomic mass is 16.2. The lowest BCUT2D eigenvalue weighted by Gasteiger charge is -2.24. The fourth-order valence-electron chi connectivity index (χ4n) is 3.41. The molecule has 1 aliphatic carbocycles. The third kappa shape index (κ3) is 2.83. The molecule has 1 fully saturated rings. The fraction of sp³-hybridized carbons (Fsp3) is 0.444. The molecule has 0 spiro atoms. The van der Waals surface area contributed by atoms with Crippen molar-refractivity contribution in [3.8, 4) is 0 Å². The Labute approximate surface area is 136 Å². The minimum atomic E-state index is -0.0426. The summed E-state index contributed by atoms with van der Waals surface area (Å²) in [5, 5.41) is 7.34. The van der Waals surface area contributed by atoms with Crippen molar-refractivity contribution in [2.24, 2.45) is 5.92 Å². The van der Waals surface area contributed by atoms with Gasteiger partial charge in [0.05, 0.1) is 17.9 Å². The van der Waals surface area contributed by atoms with E-state index in [1.54, 1.807) is 6.20 Å². The van der Waals surface area contributed by atoms with Crippen molar-refractivity contribution < 1.29 is 4.79 Å². The second-order valence-electron chi connectivity index (χ2n) is 6.58. The maximum atomic E-state index is 12.7. The quantitative estimate of drug-likeness (QED) is 0.934. The van der Waals surface area contributed by atoms with Crippen LogP contribution in [0.5, 0.6) is 0 Å². The van der Waals surface area contributed by atoms with Crippen molar-refractivity contribution >= 4 is 11.7 Å². The monoisotopic (exact) mass is 310 g/mol. The molecule has 1 aromatic carbocycles. The van der Waals surface area contributed by atoms with Gasteiger partial charge in [-0.15, -0.1) is 0 Å². The average molecular weight is 310 g/mol. The largest absolute Gasteiger partial charge is 0.322 e. The second kappa shape index (κ2) is 5.72. The van der Waals surface area contributed by atoms with Crippen LogP contribution in [0.25, 0.3) is 0 Å². The van der Waals surface area contributed by atoms with Crippen molar-refractivity contribution in [3.05, 3.63) is 47.8 Å². The molecule has 5 nitrogen and oxygen atoms in total. The van der Waals surface area contributed by atoms with E-state index in [4.69, 9.17) is 0 Å². The van der Waals surface area contributed by atoms with Crippen molar-refractivity contribution in [2.75, 3.05) is 5.32 Å². The van der Waals surface area contributed by atoms with Crippen LogP contribution in [0.1, 0.15) is 43.4 Å². The highest BCUT2D eigenvalue weighted by Crippen LogP contribution is 2.36. The summed E-state index contributed by atoms with van der Waals surface area (Å²) in [5.74, 6) is 0.774. The minimum absolute atomic E-state index is 0.0426. The van der Waals surface area contributed by atoms with E-state index in [2.05, 4.69) is 29.5 Å². The molecule has 1 saturated carbocycles. The number of benzene rings is 1. The Morgan fingerprint density at radius 3 is 2.96 bits per heavy atom. The summed E-state index contributed by atoms with van der Waals surface area (Å²) in [7, 11) is 0. The molecule has 2 amide bonds. The molecule has 1 N–H and O–H groups in total. The van der Waals surface area contributed by atoms with Crippen molar-refractivity contribution in [1.82, 2.24) is 14.7 Å². The molecular formula is C18H22N4O. The lowest BCUT2D eigenvalue weighted by Crippen LogP contribution is -2.33. The first-order valence-corrected chi connectivity index (χ1v) is 8.42. The van der Waals surface area contributed by atoms with Crippen LogP contribution in [0.15, 0.2) is 36.7 Å². The van der Waals surface area contributed by atoms with E-state index in [0.29, 0.717) is 6.54 Å². The summed E-state index contributed by atoms with van der Waals surface area (Å²) in [6.07, 6.45) is 7.19. The molecule has 0 unspecified atom stereocenters. The van der Waals surface area contributed by atoms with Gasteiger partial charge in [0.1, 0.15) is 0 Å². The molecule has 120 valence electrons. The van der Waals surface area contributed by atoms with Gasteiger partial charge in [-0.2, -0.15) is 5.10 Å². The minimum Gasteiger partial charge on any atom is -0.313 e. The van der Waals surface area contributed by atoms with E-state index in [-0.39, 0.29) is 12.1 Å². The normalized spacial score (nSPS) is 19.7. The standard InChI is InChI=1S/C18H22N4O/c1-2-17-16-6-4-3-5-14(16)11-22(17)18(23)20-15-9-19-21(12-15)10-13-7-8-13/h3-6,9,12-13,17H,2,7-8,10-11H2,1H3,(H,20,23)/t17-/m0/s1. The Balaban J connectivity index is 1.45. The summed E-state index contributed by atoms with van der Waals surface area (Å²) in [5.41, 5.74) is 3.30. The number of aromatic nitrogens is 2. The van der Waals surface area contributed by atoms with Gasteiger partial charge in [-0.1, -0.05) is 31.2 Å². The van der Waals surface area contributed by atoms with E-state index in [1.165, 1.54) is 24.0 Å². The number of carbonyl (C=O) groups excluding carboxylic acids is 1. The molecule has 2 aliphatic rings. The number of amides is 2. The van der Waals surface area contributed by atoms with Gasteiger partial charge < -0.3 is 10.2 Å². The predicted molar refractivity (Wildman–Crippen MR) is 89.0 cm³/mol. The van der Waals surface area contributed by atoms with Crippen LogP contribution >= 0.6 is 0 Å². The topological polar surface area (TPSA) is 50.2 Å². The van der Waals surface area contributed by atoms with E-state index >= 15 is 0 Å². The molecular weight excluding hydrogens is 288 g/mol. The van der Waals surface area contributed by atoms with E-state index in [0.717, 1.165) is 24.6 Å². The van der Waals surface area contributed by atoms with Crippen LogP contribution in [0.4, 0.5) is 10.5 Å². The smallest absolute Gasteiger partial charge is 0.313 e. The van der Waals surface area contributed by atoms with E-state index in [9.17, 15) is 4.79 Å². The number of fused-ring (bicyclic) bond motifs is 1. The number of rotatable bonds is 4. The van der Waals surface area contributed by atoms with Crippen LogP contribution in [0.2, 0.25) is 0 Å². The van der Waals surface area contributed by atoms with Crippen LogP contribution in [0.3, 0.4) is 0 Å². The van der Waals surface area contributed by atoms with Gasteiger partial charge >= 0.3 is 6.03 Å². The number of nitrogens with zero attached hydrogens (tertiary/aromatic N) is 3. The molecule has 1 aliphatic heterocycles. The molecule has 4 rings (SSSR count). The molecule has 1 aromatic heterocycles. The summed E-state index contributed by atoms with van der Waals surface area (Å²) in [6, 6.07) is 8.44. The van der Waals surface area contributed by atoms with Crippen LogP contribution < -0.4 is 5.32 Å². The Hall–Kier alpha value is -2.30. The Kier molecular flexibility index (Phi) is 3.56. The highest BCUT2D eigenvalue weighted by molar-refractivity contribution is 5.89. The van der Waals surface area contributed by atoms with Gasteiger partial charge in [-0.3, -0.25) is 4.68 Å². The molecule has 2 aromatic rings. The van der Waals surface area contributed by atoms with Crippen molar-refractivity contribution in [1.29, 1.82) is 0 Å².